The Morgan fingerprint density at radius 3 is 2.88 bits per heavy atom. The molecule has 0 bridgehead atoms. The number of amides is 1. The zero-order valence-electron chi connectivity index (χ0n) is 9.95. The fourth-order valence-electron chi connectivity index (χ4n) is 1.66. The SMILES string of the molecule is CCCC(CN)NC(=O)c1sccc1CC. The van der Waals surface area contributed by atoms with Gasteiger partial charge in [0.25, 0.3) is 5.91 Å². The lowest BCUT2D eigenvalue weighted by Gasteiger charge is -2.15. The first-order valence-corrected chi connectivity index (χ1v) is 6.68. The van der Waals surface area contributed by atoms with E-state index in [1.54, 1.807) is 0 Å². The van der Waals surface area contributed by atoms with Gasteiger partial charge in [-0.15, -0.1) is 11.3 Å². The normalized spacial score (nSPS) is 12.4. The van der Waals surface area contributed by atoms with Crippen LogP contribution in [-0.2, 0) is 6.42 Å². The minimum atomic E-state index is 0.0238. The van der Waals surface area contributed by atoms with E-state index in [-0.39, 0.29) is 11.9 Å². The third-order valence-corrected chi connectivity index (χ3v) is 3.55. The maximum Gasteiger partial charge on any atom is 0.261 e. The Kier molecular flexibility index (Phi) is 5.49. The van der Waals surface area contributed by atoms with Gasteiger partial charge in [-0.25, -0.2) is 0 Å². The molecule has 1 heterocycles. The maximum atomic E-state index is 12.0. The van der Waals surface area contributed by atoms with Crippen LogP contribution in [0, 0.1) is 0 Å². The molecule has 3 nitrogen and oxygen atoms in total. The molecular weight excluding hydrogens is 220 g/mol. The molecule has 90 valence electrons. The van der Waals surface area contributed by atoms with Gasteiger partial charge in [0.05, 0.1) is 4.88 Å². The van der Waals surface area contributed by atoms with Gasteiger partial charge in [0, 0.05) is 12.6 Å². The molecule has 1 amide bonds. The maximum absolute atomic E-state index is 12.0. The van der Waals surface area contributed by atoms with Crippen LogP contribution in [0.25, 0.3) is 0 Å². The molecule has 0 saturated heterocycles. The van der Waals surface area contributed by atoms with Crippen LogP contribution in [0.2, 0.25) is 0 Å². The van der Waals surface area contributed by atoms with Gasteiger partial charge >= 0.3 is 0 Å². The molecule has 0 spiro atoms. The molecule has 0 radical (unpaired) electrons. The third kappa shape index (κ3) is 3.32. The van der Waals surface area contributed by atoms with Crippen molar-refractivity contribution in [2.45, 2.75) is 39.2 Å². The molecule has 0 fully saturated rings. The van der Waals surface area contributed by atoms with E-state index in [1.165, 1.54) is 11.3 Å². The van der Waals surface area contributed by atoms with Gasteiger partial charge in [0.2, 0.25) is 0 Å². The Balaban J connectivity index is 2.64. The van der Waals surface area contributed by atoms with Crippen LogP contribution < -0.4 is 11.1 Å². The molecule has 1 aromatic rings. The van der Waals surface area contributed by atoms with E-state index >= 15 is 0 Å². The Labute approximate surface area is 101 Å². The van der Waals surface area contributed by atoms with Gasteiger partial charge in [-0.2, -0.15) is 0 Å². The van der Waals surface area contributed by atoms with E-state index in [2.05, 4.69) is 19.2 Å². The van der Waals surface area contributed by atoms with Gasteiger partial charge in [0.15, 0.2) is 0 Å². The molecule has 0 aliphatic carbocycles. The van der Waals surface area contributed by atoms with Crippen molar-refractivity contribution in [1.29, 1.82) is 0 Å². The second kappa shape index (κ2) is 6.66. The van der Waals surface area contributed by atoms with Crippen LogP contribution in [0.4, 0.5) is 0 Å². The Hall–Kier alpha value is -0.870. The van der Waals surface area contributed by atoms with Crippen LogP contribution in [0.5, 0.6) is 0 Å². The van der Waals surface area contributed by atoms with Crippen LogP contribution in [0.15, 0.2) is 11.4 Å². The fraction of sp³-hybridized carbons (Fsp3) is 0.583. The van der Waals surface area contributed by atoms with Crippen molar-refractivity contribution in [3.05, 3.63) is 21.9 Å². The highest BCUT2D eigenvalue weighted by atomic mass is 32.1. The van der Waals surface area contributed by atoms with Gasteiger partial charge in [-0.1, -0.05) is 20.3 Å². The number of hydrogen-bond acceptors (Lipinski definition) is 3. The lowest BCUT2D eigenvalue weighted by atomic mass is 10.1. The smallest absolute Gasteiger partial charge is 0.261 e. The first-order valence-electron chi connectivity index (χ1n) is 5.80. The Morgan fingerprint density at radius 1 is 1.56 bits per heavy atom. The van der Waals surface area contributed by atoms with Crippen LogP contribution in [-0.4, -0.2) is 18.5 Å². The van der Waals surface area contributed by atoms with Gasteiger partial charge in [-0.05, 0) is 29.9 Å². The summed E-state index contributed by atoms with van der Waals surface area (Å²) in [7, 11) is 0. The zero-order chi connectivity index (χ0) is 12.0. The van der Waals surface area contributed by atoms with E-state index in [0.29, 0.717) is 6.54 Å². The number of nitrogens with one attached hydrogen (secondary N) is 1. The van der Waals surface area contributed by atoms with Crippen molar-refractivity contribution in [3.8, 4) is 0 Å². The summed E-state index contributed by atoms with van der Waals surface area (Å²) >= 11 is 1.50. The highest BCUT2D eigenvalue weighted by Gasteiger charge is 2.15. The number of carbonyl (C=O) groups excluding carboxylic acids is 1. The summed E-state index contributed by atoms with van der Waals surface area (Å²) in [5.41, 5.74) is 6.74. The molecule has 1 atom stereocenters. The standard InChI is InChI=1S/C12H20N2OS/c1-3-5-10(8-13)14-12(15)11-9(4-2)6-7-16-11/h6-7,10H,3-5,8,13H2,1-2H3,(H,14,15). The van der Waals surface area contributed by atoms with E-state index in [0.717, 1.165) is 29.7 Å². The Bertz CT molecular complexity index is 336. The van der Waals surface area contributed by atoms with E-state index in [4.69, 9.17) is 5.73 Å². The number of nitrogens with two attached hydrogens (primary N) is 1. The number of rotatable bonds is 6. The lowest BCUT2D eigenvalue weighted by molar-refractivity contribution is 0.0939. The first kappa shape index (κ1) is 13.2. The van der Waals surface area contributed by atoms with Crippen LogP contribution in [0.3, 0.4) is 0 Å². The van der Waals surface area contributed by atoms with Crippen molar-refractivity contribution >= 4 is 17.2 Å². The van der Waals surface area contributed by atoms with Gasteiger partial charge in [0.1, 0.15) is 0 Å². The summed E-state index contributed by atoms with van der Waals surface area (Å²) < 4.78 is 0. The van der Waals surface area contributed by atoms with E-state index < -0.39 is 0 Å². The lowest BCUT2D eigenvalue weighted by Crippen LogP contribution is -2.40. The van der Waals surface area contributed by atoms with Gasteiger partial charge in [-0.3, -0.25) is 4.79 Å². The molecule has 3 N–H and O–H groups in total. The molecule has 1 aromatic heterocycles. The summed E-state index contributed by atoms with van der Waals surface area (Å²) in [5, 5.41) is 4.95. The van der Waals surface area contributed by atoms with Crippen LogP contribution in [0.1, 0.15) is 41.9 Å². The van der Waals surface area contributed by atoms with Crippen molar-refractivity contribution in [3.63, 3.8) is 0 Å². The zero-order valence-corrected chi connectivity index (χ0v) is 10.8. The number of thiophene rings is 1. The minimum absolute atomic E-state index is 0.0238. The summed E-state index contributed by atoms with van der Waals surface area (Å²) in [4.78, 5) is 12.8. The quantitative estimate of drug-likeness (QED) is 0.800. The molecule has 1 unspecified atom stereocenters. The topological polar surface area (TPSA) is 55.1 Å². The van der Waals surface area contributed by atoms with E-state index in [1.807, 2.05) is 11.4 Å². The highest BCUT2D eigenvalue weighted by molar-refractivity contribution is 7.12. The molecule has 0 aromatic carbocycles. The van der Waals surface area contributed by atoms with Crippen molar-refractivity contribution < 1.29 is 4.79 Å². The number of carbonyl (C=O) groups is 1. The molecule has 0 aliphatic rings. The van der Waals surface area contributed by atoms with Crippen LogP contribution >= 0.6 is 11.3 Å². The number of aryl methyl sites for hydroxylation is 1. The summed E-state index contributed by atoms with van der Waals surface area (Å²) in [5.74, 6) is 0.0238. The highest BCUT2D eigenvalue weighted by Crippen LogP contribution is 2.17. The molecule has 1 rings (SSSR count). The van der Waals surface area contributed by atoms with Gasteiger partial charge < -0.3 is 11.1 Å². The second-order valence-electron chi connectivity index (χ2n) is 3.82. The minimum Gasteiger partial charge on any atom is -0.347 e. The molecule has 0 aliphatic heterocycles. The number of hydrogen-bond donors (Lipinski definition) is 2. The summed E-state index contributed by atoms with van der Waals surface area (Å²) in [6, 6.07) is 2.11. The predicted octanol–water partition coefficient (Wildman–Crippen LogP) is 2.17. The summed E-state index contributed by atoms with van der Waals surface area (Å²) in [6.07, 6.45) is 2.87. The largest absolute Gasteiger partial charge is 0.347 e. The van der Waals surface area contributed by atoms with Crippen molar-refractivity contribution in [1.82, 2.24) is 5.32 Å². The third-order valence-electron chi connectivity index (χ3n) is 2.59. The predicted molar refractivity (Wildman–Crippen MR) is 68.9 cm³/mol. The average Bonchev–Trinajstić information content (AvgIpc) is 2.76. The Morgan fingerprint density at radius 2 is 2.31 bits per heavy atom. The average molecular weight is 240 g/mol. The van der Waals surface area contributed by atoms with E-state index in [9.17, 15) is 4.79 Å². The fourth-order valence-corrected chi connectivity index (χ4v) is 2.56. The molecule has 0 saturated carbocycles. The molecule has 16 heavy (non-hydrogen) atoms. The molecular formula is C12H20N2OS. The van der Waals surface area contributed by atoms with Crippen molar-refractivity contribution in [2.75, 3.05) is 6.54 Å². The first-order chi connectivity index (χ1) is 7.72. The monoisotopic (exact) mass is 240 g/mol. The summed E-state index contributed by atoms with van der Waals surface area (Å²) in [6.45, 7) is 4.66. The van der Waals surface area contributed by atoms with Crippen molar-refractivity contribution in [2.24, 2.45) is 5.73 Å². The second-order valence-corrected chi connectivity index (χ2v) is 4.74. The molecule has 4 heteroatoms.